The number of H-pyrrole nitrogens is 1. The number of hydrogen-bond donors (Lipinski definition) is 2. The highest BCUT2D eigenvalue weighted by Crippen LogP contribution is 2.26. The van der Waals surface area contributed by atoms with Gasteiger partial charge in [0.05, 0.1) is 15.6 Å². The molecule has 0 unspecified atom stereocenters. The molecule has 9 heteroatoms. The van der Waals surface area contributed by atoms with Gasteiger partial charge in [0.25, 0.3) is 11.6 Å². The number of aromatic amines is 1. The maximum atomic E-state index is 12.0. The fourth-order valence-electron chi connectivity index (χ4n) is 1.53. The highest BCUT2D eigenvalue weighted by Gasteiger charge is 2.17. The molecule has 0 fully saturated rings. The van der Waals surface area contributed by atoms with Crippen molar-refractivity contribution in [3.8, 4) is 0 Å². The Balaban J connectivity index is 2.22. The first kappa shape index (κ1) is 14.9. The van der Waals surface area contributed by atoms with Crippen molar-refractivity contribution < 1.29 is 9.72 Å². The van der Waals surface area contributed by atoms with Crippen LogP contribution in [0.3, 0.4) is 0 Å². The fourth-order valence-corrected chi connectivity index (χ4v) is 1.70. The number of amides is 1. The molecule has 2 aromatic rings. The molecule has 0 spiro atoms. The third-order valence-electron chi connectivity index (χ3n) is 2.66. The smallest absolute Gasteiger partial charge is 0.295 e. The van der Waals surface area contributed by atoms with E-state index in [2.05, 4.69) is 20.5 Å². The predicted molar refractivity (Wildman–Crippen MR) is 76.5 cm³/mol. The maximum absolute atomic E-state index is 12.0. The van der Waals surface area contributed by atoms with E-state index < -0.39 is 10.8 Å². The number of nitrogens with one attached hydrogen (secondary N) is 2. The van der Waals surface area contributed by atoms with Gasteiger partial charge in [-0.15, -0.1) is 5.10 Å². The second kappa shape index (κ2) is 5.88. The average Bonchev–Trinajstić information content (AvgIpc) is 2.90. The molecule has 0 radical (unpaired) electrons. The van der Waals surface area contributed by atoms with Gasteiger partial charge in [-0.25, -0.2) is 4.98 Å². The highest BCUT2D eigenvalue weighted by atomic mass is 35.5. The lowest BCUT2D eigenvalue weighted by molar-refractivity contribution is -0.384. The van der Waals surface area contributed by atoms with Crippen LogP contribution in [0.25, 0.3) is 0 Å². The predicted octanol–water partition coefficient (Wildman–Crippen LogP) is 2.74. The van der Waals surface area contributed by atoms with Gasteiger partial charge in [0.2, 0.25) is 5.82 Å². The molecule has 2 rings (SSSR count). The number of carbonyl (C=O) groups excluding carboxylic acids is 1. The lowest BCUT2D eigenvalue weighted by Gasteiger charge is -2.04. The third kappa shape index (κ3) is 3.34. The van der Waals surface area contributed by atoms with E-state index in [0.29, 0.717) is 5.82 Å². The van der Waals surface area contributed by atoms with E-state index >= 15 is 0 Å². The quantitative estimate of drug-likeness (QED) is 0.665. The molecule has 8 nitrogen and oxygen atoms in total. The molecule has 1 aromatic carbocycles. The second-order valence-corrected chi connectivity index (χ2v) is 4.98. The number of benzene rings is 1. The highest BCUT2D eigenvalue weighted by molar-refractivity contribution is 6.34. The van der Waals surface area contributed by atoms with Crippen LogP contribution in [0.4, 0.5) is 11.4 Å². The van der Waals surface area contributed by atoms with Crippen LogP contribution in [0.2, 0.25) is 5.02 Å². The lowest BCUT2D eigenvalue weighted by Crippen LogP contribution is -2.14. The molecular formula is C12H12ClN5O3. The molecule has 0 aliphatic rings. The Kier molecular flexibility index (Phi) is 4.18. The summed E-state index contributed by atoms with van der Waals surface area (Å²) in [5.41, 5.74) is -0.0423. The Bertz CT molecular complexity index is 698. The zero-order valence-electron chi connectivity index (χ0n) is 11.3. The zero-order chi connectivity index (χ0) is 15.6. The van der Waals surface area contributed by atoms with Crippen LogP contribution in [0.15, 0.2) is 18.2 Å². The Morgan fingerprint density at radius 3 is 2.76 bits per heavy atom. The van der Waals surface area contributed by atoms with E-state index in [0.717, 1.165) is 0 Å². The summed E-state index contributed by atoms with van der Waals surface area (Å²) in [7, 11) is 0. The minimum absolute atomic E-state index is 0.0544. The molecule has 2 N–H and O–H groups in total. The number of rotatable bonds is 4. The first-order chi connectivity index (χ1) is 9.88. The molecule has 1 heterocycles. The topological polar surface area (TPSA) is 114 Å². The van der Waals surface area contributed by atoms with Crippen LogP contribution in [0, 0.1) is 10.1 Å². The molecule has 0 saturated carbocycles. The van der Waals surface area contributed by atoms with Gasteiger partial charge in [-0.3, -0.25) is 20.0 Å². The molecule has 1 amide bonds. The number of anilines is 1. The molecule has 0 atom stereocenters. The number of carbonyl (C=O) groups is 1. The summed E-state index contributed by atoms with van der Waals surface area (Å²) >= 11 is 5.90. The van der Waals surface area contributed by atoms with Crippen LogP contribution in [-0.4, -0.2) is 26.0 Å². The van der Waals surface area contributed by atoms with Crippen LogP contribution >= 0.6 is 11.6 Å². The van der Waals surface area contributed by atoms with Crippen molar-refractivity contribution in [2.45, 2.75) is 19.8 Å². The number of nitro benzene ring substituents is 1. The fraction of sp³-hybridized carbons (Fsp3) is 0.250. The van der Waals surface area contributed by atoms with E-state index in [1.807, 2.05) is 13.8 Å². The standard InChI is InChI=1S/C12H12ClN5O3/c1-6(2)10-15-11(17-16-10)12(19)14-9-5-7(18(20)21)3-4-8(9)13/h3-6H,1-2H3,(H,14,19)(H,15,16,17). The number of nitrogens with zero attached hydrogens (tertiary/aromatic N) is 3. The SMILES string of the molecule is CC(C)c1nc(C(=O)Nc2cc([N+](=O)[O-])ccc2Cl)n[nH]1. The second-order valence-electron chi connectivity index (χ2n) is 4.57. The van der Waals surface area contributed by atoms with Crippen molar-refractivity contribution in [2.24, 2.45) is 0 Å². The van der Waals surface area contributed by atoms with Gasteiger partial charge in [0, 0.05) is 18.1 Å². The summed E-state index contributed by atoms with van der Waals surface area (Å²) in [6.45, 7) is 3.80. The zero-order valence-corrected chi connectivity index (χ0v) is 12.0. The summed E-state index contributed by atoms with van der Waals surface area (Å²) < 4.78 is 0. The third-order valence-corrected chi connectivity index (χ3v) is 2.99. The molecule has 0 aliphatic heterocycles. The first-order valence-electron chi connectivity index (χ1n) is 6.06. The normalized spacial score (nSPS) is 10.7. The van der Waals surface area contributed by atoms with Crippen molar-refractivity contribution in [1.29, 1.82) is 0 Å². The van der Waals surface area contributed by atoms with Gasteiger partial charge < -0.3 is 5.32 Å². The minimum atomic E-state index is -0.597. The molecule has 21 heavy (non-hydrogen) atoms. The van der Waals surface area contributed by atoms with Gasteiger partial charge >= 0.3 is 0 Å². The van der Waals surface area contributed by atoms with Crippen LogP contribution in [0.5, 0.6) is 0 Å². The lowest BCUT2D eigenvalue weighted by atomic mass is 10.2. The van der Waals surface area contributed by atoms with Crippen LogP contribution in [0.1, 0.15) is 36.2 Å². The van der Waals surface area contributed by atoms with E-state index in [1.165, 1.54) is 18.2 Å². The summed E-state index contributed by atoms with van der Waals surface area (Å²) in [5, 5.41) is 19.8. The number of aromatic nitrogens is 3. The van der Waals surface area contributed by atoms with Gasteiger partial charge in [-0.1, -0.05) is 25.4 Å². The molecular weight excluding hydrogens is 298 g/mol. The number of nitro groups is 1. The van der Waals surface area contributed by atoms with Crippen LogP contribution < -0.4 is 5.32 Å². The van der Waals surface area contributed by atoms with Crippen molar-refractivity contribution >= 4 is 28.9 Å². The Morgan fingerprint density at radius 1 is 1.48 bits per heavy atom. The average molecular weight is 310 g/mol. The van der Waals surface area contributed by atoms with Crippen molar-refractivity contribution in [1.82, 2.24) is 15.2 Å². The summed E-state index contributed by atoms with van der Waals surface area (Å²) in [5.74, 6) is 0.0209. The largest absolute Gasteiger partial charge is 0.318 e. The van der Waals surface area contributed by atoms with Gasteiger partial charge in [0.1, 0.15) is 5.82 Å². The summed E-state index contributed by atoms with van der Waals surface area (Å²) in [6, 6.07) is 3.77. The van der Waals surface area contributed by atoms with E-state index in [1.54, 1.807) is 0 Å². The molecule has 0 aliphatic carbocycles. The summed E-state index contributed by atoms with van der Waals surface area (Å²) in [6.07, 6.45) is 0. The number of non-ortho nitro benzene ring substituents is 1. The Labute approximate surface area is 124 Å². The molecule has 0 saturated heterocycles. The van der Waals surface area contributed by atoms with E-state index in [9.17, 15) is 14.9 Å². The minimum Gasteiger partial charge on any atom is -0.318 e. The number of halogens is 1. The van der Waals surface area contributed by atoms with Crippen molar-refractivity contribution in [3.63, 3.8) is 0 Å². The van der Waals surface area contributed by atoms with Gasteiger partial charge in [-0.2, -0.15) is 0 Å². The van der Waals surface area contributed by atoms with E-state index in [-0.39, 0.29) is 28.1 Å². The molecule has 0 bridgehead atoms. The van der Waals surface area contributed by atoms with Gasteiger partial charge in [-0.05, 0) is 6.07 Å². The summed E-state index contributed by atoms with van der Waals surface area (Å²) in [4.78, 5) is 26.2. The van der Waals surface area contributed by atoms with Crippen LogP contribution in [-0.2, 0) is 0 Å². The van der Waals surface area contributed by atoms with Crippen molar-refractivity contribution in [2.75, 3.05) is 5.32 Å². The monoisotopic (exact) mass is 309 g/mol. The maximum Gasteiger partial charge on any atom is 0.295 e. The van der Waals surface area contributed by atoms with E-state index in [4.69, 9.17) is 11.6 Å². The first-order valence-corrected chi connectivity index (χ1v) is 6.44. The number of hydrogen-bond acceptors (Lipinski definition) is 5. The molecule has 110 valence electrons. The van der Waals surface area contributed by atoms with Crippen molar-refractivity contribution in [3.05, 3.63) is 45.0 Å². The molecule has 1 aromatic heterocycles. The van der Waals surface area contributed by atoms with Gasteiger partial charge in [0.15, 0.2) is 0 Å². The Hall–Kier alpha value is -2.48. The Morgan fingerprint density at radius 2 is 2.19 bits per heavy atom.